The van der Waals surface area contributed by atoms with Crippen molar-refractivity contribution in [3.63, 3.8) is 0 Å². The number of carbonyl (C=O) groups excluding carboxylic acids is 1. The minimum Gasteiger partial charge on any atom is -0.385 e. The van der Waals surface area contributed by atoms with Crippen LogP contribution in [0.5, 0.6) is 0 Å². The summed E-state index contributed by atoms with van der Waals surface area (Å²) in [4.78, 5) is 17.9. The minimum atomic E-state index is -0.0711. The standard InChI is InChI=1S/C12H19N3O2/c1-13-11-7-4-6-10(14-11)12(16)15(2)8-5-9-17-3/h4,6-7H,5,8-9H2,1-3H3,(H,13,14). The van der Waals surface area contributed by atoms with Crippen LogP contribution in [0.25, 0.3) is 0 Å². The summed E-state index contributed by atoms with van der Waals surface area (Å²) >= 11 is 0. The number of ether oxygens (including phenoxy) is 1. The van der Waals surface area contributed by atoms with Crippen molar-refractivity contribution < 1.29 is 9.53 Å². The molecule has 0 saturated heterocycles. The summed E-state index contributed by atoms with van der Waals surface area (Å²) in [6.45, 7) is 1.32. The fraction of sp³-hybridized carbons (Fsp3) is 0.500. The summed E-state index contributed by atoms with van der Waals surface area (Å²) in [5, 5.41) is 2.91. The van der Waals surface area contributed by atoms with E-state index in [9.17, 15) is 4.79 Å². The number of anilines is 1. The zero-order valence-electron chi connectivity index (χ0n) is 10.6. The number of nitrogens with zero attached hydrogens (tertiary/aromatic N) is 2. The zero-order valence-corrected chi connectivity index (χ0v) is 10.6. The van der Waals surface area contributed by atoms with E-state index >= 15 is 0 Å². The molecule has 17 heavy (non-hydrogen) atoms. The highest BCUT2D eigenvalue weighted by Crippen LogP contribution is 2.06. The van der Waals surface area contributed by atoms with Gasteiger partial charge in [-0.25, -0.2) is 4.98 Å². The van der Waals surface area contributed by atoms with Gasteiger partial charge in [-0.3, -0.25) is 4.79 Å². The molecule has 0 aliphatic carbocycles. The molecule has 1 amide bonds. The number of nitrogens with one attached hydrogen (secondary N) is 1. The van der Waals surface area contributed by atoms with Gasteiger partial charge in [0.2, 0.25) is 0 Å². The molecule has 1 aromatic rings. The van der Waals surface area contributed by atoms with Gasteiger partial charge >= 0.3 is 0 Å². The molecule has 1 N–H and O–H groups in total. The van der Waals surface area contributed by atoms with E-state index in [2.05, 4.69) is 10.3 Å². The first-order valence-electron chi connectivity index (χ1n) is 5.58. The molecule has 0 bridgehead atoms. The predicted octanol–water partition coefficient (Wildman–Crippen LogP) is 1.23. The quantitative estimate of drug-likeness (QED) is 0.756. The Morgan fingerprint density at radius 1 is 1.53 bits per heavy atom. The molecular weight excluding hydrogens is 218 g/mol. The molecule has 5 nitrogen and oxygen atoms in total. The van der Waals surface area contributed by atoms with Crippen molar-refractivity contribution >= 4 is 11.7 Å². The average Bonchev–Trinajstić information content (AvgIpc) is 2.38. The van der Waals surface area contributed by atoms with E-state index in [1.807, 2.05) is 12.1 Å². The summed E-state index contributed by atoms with van der Waals surface area (Å²) < 4.78 is 4.95. The molecule has 0 aromatic carbocycles. The van der Waals surface area contributed by atoms with Crippen molar-refractivity contribution in [3.05, 3.63) is 23.9 Å². The lowest BCUT2D eigenvalue weighted by molar-refractivity contribution is 0.0774. The van der Waals surface area contributed by atoms with E-state index in [1.165, 1.54) is 0 Å². The predicted molar refractivity (Wildman–Crippen MR) is 67.2 cm³/mol. The fourth-order valence-corrected chi connectivity index (χ4v) is 1.44. The zero-order chi connectivity index (χ0) is 12.7. The topological polar surface area (TPSA) is 54.5 Å². The Morgan fingerprint density at radius 3 is 2.94 bits per heavy atom. The van der Waals surface area contributed by atoms with Crippen LogP contribution in [0.4, 0.5) is 5.82 Å². The lowest BCUT2D eigenvalue weighted by Gasteiger charge is -2.16. The summed E-state index contributed by atoms with van der Waals surface area (Å²) in [7, 11) is 5.20. The fourth-order valence-electron chi connectivity index (χ4n) is 1.44. The van der Waals surface area contributed by atoms with Crippen molar-refractivity contribution in [2.45, 2.75) is 6.42 Å². The summed E-state index contributed by atoms with van der Waals surface area (Å²) in [6, 6.07) is 5.35. The number of methoxy groups -OCH3 is 1. The van der Waals surface area contributed by atoms with E-state index < -0.39 is 0 Å². The average molecular weight is 237 g/mol. The third kappa shape index (κ3) is 4.03. The normalized spacial score (nSPS) is 10.1. The van der Waals surface area contributed by atoms with Crippen LogP contribution in [-0.2, 0) is 4.74 Å². The Morgan fingerprint density at radius 2 is 2.29 bits per heavy atom. The second kappa shape index (κ2) is 6.85. The number of rotatable bonds is 6. The Labute approximate surface area is 102 Å². The smallest absolute Gasteiger partial charge is 0.272 e. The first-order valence-corrected chi connectivity index (χ1v) is 5.58. The number of aromatic nitrogens is 1. The van der Waals surface area contributed by atoms with Crippen LogP contribution in [0, 0.1) is 0 Å². The largest absolute Gasteiger partial charge is 0.385 e. The van der Waals surface area contributed by atoms with Crippen molar-refractivity contribution in [2.75, 3.05) is 39.7 Å². The van der Waals surface area contributed by atoms with Crippen molar-refractivity contribution in [1.29, 1.82) is 0 Å². The lowest BCUT2D eigenvalue weighted by atomic mass is 10.3. The van der Waals surface area contributed by atoms with Gasteiger partial charge < -0.3 is 15.0 Å². The first-order chi connectivity index (χ1) is 8.19. The van der Waals surface area contributed by atoms with Gasteiger partial charge in [-0.2, -0.15) is 0 Å². The van der Waals surface area contributed by atoms with Gasteiger partial charge in [-0.1, -0.05) is 6.07 Å². The second-order valence-corrected chi connectivity index (χ2v) is 3.73. The lowest BCUT2D eigenvalue weighted by Crippen LogP contribution is -2.29. The molecule has 0 radical (unpaired) electrons. The van der Waals surface area contributed by atoms with Gasteiger partial charge in [0.15, 0.2) is 0 Å². The molecule has 0 aliphatic rings. The van der Waals surface area contributed by atoms with Crippen molar-refractivity contribution in [1.82, 2.24) is 9.88 Å². The summed E-state index contributed by atoms with van der Waals surface area (Å²) in [5.74, 6) is 0.624. The third-order valence-electron chi connectivity index (χ3n) is 2.41. The number of pyridine rings is 1. The van der Waals surface area contributed by atoms with Crippen LogP contribution in [-0.4, -0.2) is 50.1 Å². The summed E-state index contributed by atoms with van der Waals surface area (Å²) in [5.41, 5.74) is 0.455. The maximum absolute atomic E-state index is 12.0. The van der Waals surface area contributed by atoms with Gasteiger partial charge in [0.1, 0.15) is 11.5 Å². The number of hydrogen-bond acceptors (Lipinski definition) is 4. The molecule has 94 valence electrons. The van der Waals surface area contributed by atoms with Gasteiger partial charge in [0, 0.05) is 34.4 Å². The Balaban J connectivity index is 2.61. The highest BCUT2D eigenvalue weighted by atomic mass is 16.5. The minimum absolute atomic E-state index is 0.0711. The molecule has 5 heteroatoms. The Kier molecular flexibility index (Phi) is 5.42. The number of hydrogen-bond donors (Lipinski definition) is 1. The van der Waals surface area contributed by atoms with Crippen LogP contribution >= 0.6 is 0 Å². The Hall–Kier alpha value is -1.62. The van der Waals surface area contributed by atoms with Crippen molar-refractivity contribution in [2.24, 2.45) is 0 Å². The highest BCUT2D eigenvalue weighted by Gasteiger charge is 2.12. The highest BCUT2D eigenvalue weighted by molar-refractivity contribution is 5.92. The van der Waals surface area contributed by atoms with Crippen LogP contribution in [0.15, 0.2) is 18.2 Å². The molecular formula is C12H19N3O2. The molecule has 1 heterocycles. The Bertz CT molecular complexity index is 369. The molecule has 1 aromatic heterocycles. The maximum atomic E-state index is 12.0. The third-order valence-corrected chi connectivity index (χ3v) is 2.41. The van der Waals surface area contributed by atoms with Crippen LogP contribution in [0.2, 0.25) is 0 Å². The van der Waals surface area contributed by atoms with E-state index in [4.69, 9.17) is 4.74 Å². The molecule has 0 unspecified atom stereocenters. The van der Waals surface area contributed by atoms with Crippen molar-refractivity contribution in [3.8, 4) is 0 Å². The molecule has 1 rings (SSSR count). The van der Waals surface area contributed by atoms with Gasteiger partial charge in [0.25, 0.3) is 5.91 Å². The molecule has 0 atom stereocenters. The van der Waals surface area contributed by atoms with E-state index in [0.29, 0.717) is 24.7 Å². The van der Waals surface area contributed by atoms with Crippen LogP contribution in [0.3, 0.4) is 0 Å². The number of carbonyl (C=O) groups is 1. The molecule has 0 saturated carbocycles. The van der Waals surface area contributed by atoms with Crippen LogP contribution in [0.1, 0.15) is 16.9 Å². The van der Waals surface area contributed by atoms with Gasteiger partial charge in [0.05, 0.1) is 0 Å². The molecule has 0 aliphatic heterocycles. The second-order valence-electron chi connectivity index (χ2n) is 3.73. The molecule has 0 fully saturated rings. The summed E-state index contributed by atoms with van der Waals surface area (Å²) in [6.07, 6.45) is 0.824. The van der Waals surface area contributed by atoms with Gasteiger partial charge in [-0.15, -0.1) is 0 Å². The van der Waals surface area contributed by atoms with E-state index in [0.717, 1.165) is 6.42 Å². The SMILES string of the molecule is CNc1cccc(C(=O)N(C)CCCOC)n1. The number of amides is 1. The van der Waals surface area contributed by atoms with Gasteiger partial charge in [-0.05, 0) is 18.6 Å². The maximum Gasteiger partial charge on any atom is 0.272 e. The van der Waals surface area contributed by atoms with E-state index in [-0.39, 0.29) is 5.91 Å². The molecule has 0 spiro atoms. The van der Waals surface area contributed by atoms with Crippen LogP contribution < -0.4 is 5.32 Å². The monoisotopic (exact) mass is 237 g/mol. The van der Waals surface area contributed by atoms with E-state index in [1.54, 1.807) is 32.2 Å². The first kappa shape index (κ1) is 13.4.